The van der Waals surface area contributed by atoms with Gasteiger partial charge in [0, 0.05) is 6.20 Å². The average molecular weight is 337 g/mol. The number of hydrogen-bond donors (Lipinski definition) is 0. The fourth-order valence-electron chi connectivity index (χ4n) is 1.80. The van der Waals surface area contributed by atoms with E-state index in [0.29, 0.717) is 4.88 Å². The minimum Gasteiger partial charge on any atom is -0.465 e. The smallest absolute Gasteiger partial charge is 0.348 e. The molecule has 0 saturated heterocycles. The van der Waals surface area contributed by atoms with E-state index in [4.69, 9.17) is 4.74 Å². The van der Waals surface area contributed by atoms with Crippen LogP contribution in [0.15, 0.2) is 41.1 Å². The fourth-order valence-corrected chi connectivity index (χ4v) is 3.45. The molecule has 0 aliphatic heterocycles. The number of aromatic nitrogens is 2. The van der Waals surface area contributed by atoms with Crippen molar-refractivity contribution in [1.82, 2.24) is 9.38 Å². The van der Waals surface area contributed by atoms with Crippen LogP contribution in [0.5, 0.6) is 0 Å². The Morgan fingerprint density at radius 2 is 2.21 bits per heavy atom. The third kappa shape index (κ3) is 2.06. The molecule has 0 aromatic carbocycles. The summed E-state index contributed by atoms with van der Waals surface area (Å²) in [5.74, 6) is -0.323. The number of ether oxygens (including phenoxy) is 1. The van der Waals surface area contributed by atoms with Gasteiger partial charge in [-0.2, -0.15) is 0 Å². The molecule has 6 heteroatoms. The quantitative estimate of drug-likeness (QED) is 0.671. The lowest BCUT2D eigenvalue weighted by molar-refractivity contribution is 0.0606. The van der Waals surface area contributed by atoms with Gasteiger partial charge in [-0.05, 0) is 40.2 Å². The van der Waals surface area contributed by atoms with Crippen molar-refractivity contribution in [2.45, 2.75) is 0 Å². The first-order chi connectivity index (χ1) is 9.20. The van der Waals surface area contributed by atoms with Gasteiger partial charge < -0.3 is 4.74 Å². The van der Waals surface area contributed by atoms with E-state index in [1.165, 1.54) is 18.4 Å². The molecule has 19 heavy (non-hydrogen) atoms. The van der Waals surface area contributed by atoms with E-state index in [1.54, 1.807) is 6.07 Å². The molecule has 0 radical (unpaired) electrons. The third-order valence-electron chi connectivity index (χ3n) is 2.70. The summed E-state index contributed by atoms with van der Waals surface area (Å²) in [6.45, 7) is 0. The number of imidazole rings is 1. The van der Waals surface area contributed by atoms with E-state index in [2.05, 4.69) is 20.9 Å². The maximum Gasteiger partial charge on any atom is 0.348 e. The standard InChI is InChI=1S/C13H9BrN2O2S/c1-18-13(17)9-6-5-8(19-9)11-12(14)16-7-3-2-4-10(16)15-11/h2-7H,1H3. The number of carbonyl (C=O) groups excluding carboxylic acids is 1. The molecule has 3 aromatic heterocycles. The number of rotatable bonds is 2. The largest absolute Gasteiger partial charge is 0.465 e. The Morgan fingerprint density at radius 1 is 1.37 bits per heavy atom. The van der Waals surface area contributed by atoms with Crippen LogP contribution in [-0.2, 0) is 4.74 Å². The molecule has 0 aliphatic carbocycles. The predicted molar refractivity (Wildman–Crippen MR) is 77.5 cm³/mol. The predicted octanol–water partition coefficient (Wildman–Crippen LogP) is 3.61. The van der Waals surface area contributed by atoms with E-state index in [1.807, 2.05) is 34.9 Å². The molecular formula is C13H9BrN2O2S. The minimum atomic E-state index is -0.323. The summed E-state index contributed by atoms with van der Waals surface area (Å²) in [6.07, 6.45) is 1.94. The molecule has 0 saturated carbocycles. The van der Waals surface area contributed by atoms with Crippen LogP contribution in [0.1, 0.15) is 9.67 Å². The van der Waals surface area contributed by atoms with Crippen LogP contribution in [-0.4, -0.2) is 22.5 Å². The molecule has 4 nitrogen and oxygen atoms in total. The average Bonchev–Trinajstić information content (AvgIpc) is 3.04. The van der Waals surface area contributed by atoms with Crippen LogP contribution in [0.4, 0.5) is 0 Å². The van der Waals surface area contributed by atoms with Gasteiger partial charge in [-0.1, -0.05) is 6.07 Å². The van der Waals surface area contributed by atoms with Gasteiger partial charge in [0.15, 0.2) is 0 Å². The van der Waals surface area contributed by atoms with Crippen LogP contribution in [0.25, 0.3) is 16.2 Å². The molecule has 3 rings (SSSR count). The van der Waals surface area contributed by atoms with Crippen molar-refractivity contribution in [1.29, 1.82) is 0 Å². The molecule has 0 bridgehead atoms. The molecule has 96 valence electrons. The number of nitrogens with zero attached hydrogens (tertiary/aromatic N) is 2. The Labute approximate surface area is 121 Å². The third-order valence-corrected chi connectivity index (χ3v) is 4.53. The molecule has 0 atom stereocenters. The molecule has 0 spiro atoms. The zero-order valence-electron chi connectivity index (χ0n) is 9.96. The normalized spacial score (nSPS) is 10.8. The number of hydrogen-bond acceptors (Lipinski definition) is 4. The zero-order valence-corrected chi connectivity index (χ0v) is 12.4. The Balaban J connectivity index is 2.11. The van der Waals surface area contributed by atoms with E-state index in [9.17, 15) is 4.79 Å². The fraction of sp³-hybridized carbons (Fsp3) is 0.0769. The lowest BCUT2D eigenvalue weighted by atomic mass is 10.3. The van der Waals surface area contributed by atoms with E-state index < -0.39 is 0 Å². The second-order valence-electron chi connectivity index (χ2n) is 3.84. The topological polar surface area (TPSA) is 43.6 Å². The number of pyridine rings is 1. The Hall–Kier alpha value is -1.66. The van der Waals surface area contributed by atoms with Gasteiger partial charge in [0.25, 0.3) is 0 Å². The van der Waals surface area contributed by atoms with Crippen molar-refractivity contribution in [3.05, 3.63) is 46.0 Å². The highest BCUT2D eigenvalue weighted by Crippen LogP contribution is 2.33. The summed E-state index contributed by atoms with van der Waals surface area (Å²) >= 11 is 4.91. The van der Waals surface area contributed by atoms with E-state index in [-0.39, 0.29) is 5.97 Å². The minimum absolute atomic E-state index is 0.323. The maximum atomic E-state index is 11.5. The lowest BCUT2D eigenvalue weighted by Crippen LogP contribution is -1.96. The van der Waals surface area contributed by atoms with Crippen molar-refractivity contribution in [3.63, 3.8) is 0 Å². The van der Waals surface area contributed by atoms with Crippen LogP contribution >= 0.6 is 27.3 Å². The molecule has 3 aromatic rings. The second-order valence-corrected chi connectivity index (χ2v) is 5.67. The summed E-state index contributed by atoms with van der Waals surface area (Å²) in [4.78, 5) is 17.5. The van der Waals surface area contributed by atoms with Crippen molar-refractivity contribution < 1.29 is 9.53 Å². The first kappa shape index (κ1) is 12.4. The number of esters is 1. The van der Waals surface area contributed by atoms with Crippen molar-refractivity contribution in [3.8, 4) is 10.6 Å². The Bertz CT molecular complexity index is 763. The summed E-state index contributed by atoms with van der Waals surface area (Å²) in [5.41, 5.74) is 1.68. The zero-order chi connectivity index (χ0) is 13.4. The van der Waals surface area contributed by atoms with Gasteiger partial charge in [-0.25, -0.2) is 9.78 Å². The molecule has 0 fully saturated rings. The SMILES string of the molecule is COC(=O)c1ccc(-c2nc3ccccn3c2Br)s1. The van der Waals surface area contributed by atoms with Crippen LogP contribution < -0.4 is 0 Å². The first-order valence-corrected chi connectivity index (χ1v) is 7.13. The second kappa shape index (κ2) is 4.79. The van der Waals surface area contributed by atoms with Gasteiger partial charge >= 0.3 is 5.97 Å². The number of carbonyl (C=O) groups is 1. The number of fused-ring (bicyclic) bond motifs is 1. The maximum absolute atomic E-state index is 11.5. The molecule has 3 heterocycles. The molecule has 0 aliphatic rings. The molecule has 0 N–H and O–H groups in total. The van der Waals surface area contributed by atoms with Crippen LogP contribution in [0.3, 0.4) is 0 Å². The first-order valence-electron chi connectivity index (χ1n) is 5.52. The number of methoxy groups -OCH3 is 1. The summed E-state index contributed by atoms with van der Waals surface area (Å²) < 4.78 is 7.54. The lowest BCUT2D eigenvalue weighted by Gasteiger charge is -1.94. The van der Waals surface area contributed by atoms with Gasteiger partial charge in [-0.3, -0.25) is 4.40 Å². The van der Waals surface area contributed by atoms with Crippen LogP contribution in [0.2, 0.25) is 0 Å². The monoisotopic (exact) mass is 336 g/mol. The highest BCUT2D eigenvalue weighted by molar-refractivity contribution is 9.10. The number of thiophene rings is 1. The highest BCUT2D eigenvalue weighted by Gasteiger charge is 2.16. The summed E-state index contributed by atoms with van der Waals surface area (Å²) in [5, 5.41) is 0. The van der Waals surface area contributed by atoms with Crippen molar-refractivity contribution in [2.75, 3.05) is 7.11 Å². The summed E-state index contributed by atoms with van der Waals surface area (Å²) in [7, 11) is 1.38. The summed E-state index contributed by atoms with van der Waals surface area (Å²) in [6, 6.07) is 9.44. The van der Waals surface area contributed by atoms with Gasteiger partial charge in [0.05, 0.1) is 12.0 Å². The van der Waals surface area contributed by atoms with Crippen LogP contribution in [0, 0.1) is 0 Å². The molecule has 0 unspecified atom stereocenters. The van der Waals surface area contributed by atoms with Crippen molar-refractivity contribution in [2.24, 2.45) is 0 Å². The Kier molecular flexibility index (Phi) is 3.12. The Morgan fingerprint density at radius 3 is 2.95 bits per heavy atom. The molecule has 0 amide bonds. The van der Waals surface area contributed by atoms with Gasteiger partial charge in [0.2, 0.25) is 0 Å². The number of halogens is 1. The van der Waals surface area contributed by atoms with Crippen molar-refractivity contribution >= 4 is 38.9 Å². The van der Waals surface area contributed by atoms with E-state index >= 15 is 0 Å². The molecular weight excluding hydrogens is 328 g/mol. The van der Waals surface area contributed by atoms with E-state index in [0.717, 1.165) is 20.8 Å². The van der Waals surface area contributed by atoms with Gasteiger partial charge in [0.1, 0.15) is 20.8 Å². The highest BCUT2D eigenvalue weighted by atomic mass is 79.9. The van der Waals surface area contributed by atoms with Gasteiger partial charge in [-0.15, -0.1) is 11.3 Å².